The van der Waals surface area contributed by atoms with Gasteiger partial charge in [0.2, 0.25) is 0 Å². The molecule has 0 heterocycles. The standard InChI is InChI=1S/C6H10O8.Fe/c7-1(3(9)5(11)12)2(8)4(10)6(13)14;/h1-4,7-10H,(H,11,12)(H,13,14);/q;+2/p-2/t1-,2-,3-,4+;/m0./s1. The van der Waals surface area contributed by atoms with Crippen molar-refractivity contribution in [2.45, 2.75) is 24.4 Å². The van der Waals surface area contributed by atoms with Crippen LogP contribution >= 0.6 is 0 Å². The number of aliphatic carboxylic acids is 2. The van der Waals surface area contributed by atoms with Crippen LogP contribution in [-0.4, -0.2) is 56.8 Å². The molecule has 0 saturated heterocycles. The van der Waals surface area contributed by atoms with E-state index < -0.39 is 36.4 Å². The van der Waals surface area contributed by atoms with Crippen molar-refractivity contribution in [3.63, 3.8) is 0 Å². The van der Waals surface area contributed by atoms with Gasteiger partial charge in [0.1, 0.15) is 24.4 Å². The maximum atomic E-state index is 9.96. The number of aliphatic hydroxyl groups is 4. The minimum Gasteiger partial charge on any atom is -0.547 e. The minimum absolute atomic E-state index is 0. The monoisotopic (exact) mass is 264 g/mol. The van der Waals surface area contributed by atoms with Gasteiger partial charge in [-0.25, -0.2) is 0 Å². The van der Waals surface area contributed by atoms with Gasteiger partial charge in [0.25, 0.3) is 0 Å². The number of aliphatic hydroxyl groups excluding tert-OH is 4. The van der Waals surface area contributed by atoms with E-state index in [0.29, 0.717) is 0 Å². The first kappa shape index (κ1) is 16.7. The maximum Gasteiger partial charge on any atom is 2.00 e. The van der Waals surface area contributed by atoms with Crippen molar-refractivity contribution in [3.05, 3.63) is 0 Å². The Morgan fingerprint density at radius 3 is 1.13 bits per heavy atom. The fraction of sp³-hybridized carbons (Fsp3) is 0.667. The van der Waals surface area contributed by atoms with Crippen LogP contribution in [0.2, 0.25) is 0 Å². The van der Waals surface area contributed by atoms with Gasteiger partial charge >= 0.3 is 17.1 Å². The summed E-state index contributed by atoms with van der Waals surface area (Å²) in [5.41, 5.74) is 0. The smallest absolute Gasteiger partial charge is 0.547 e. The Hall–Kier alpha value is -0.701. The third-order valence-corrected chi connectivity index (χ3v) is 1.48. The summed E-state index contributed by atoms with van der Waals surface area (Å²) in [7, 11) is 0. The summed E-state index contributed by atoms with van der Waals surface area (Å²) >= 11 is 0. The second-order valence-corrected chi connectivity index (χ2v) is 2.51. The normalized spacial score (nSPS) is 18.1. The number of hydrogen-bond donors (Lipinski definition) is 4. The molecule has 0 saturated carbocycles. The summed E-state index contributed by atoms with van der Waals surface area (Å²) in [5.74, 6) is -4.22. The first-order chi connectivity index (χ1) is 6.29. The molecule has 0 amide bonds. The van der Waals surface area contributed by atoms with Crippen LogP contribution in [-0.2, 0) is 26.7 Å². The second kappa shape index (κ2) is 6.72. The van der Waals surface area contributed by atoms with E-state index in [2.05, 4.69) is 0 Å². The van der Waals surface area contributed by atoms with Gasteiger partial charge in [-0.2, -0.15) is 0 Å². The van der Waals surface area contributed by atoms with Gasteiger partial charge < -0.3 is 40.2 Å². The Morgan fingerprint density at radius 1 is 0.800 bits per heavy atom. The maximum absolute atomic E-state index is 9.96. The Balaban J connectivity index is 0. The molecule has 0 spiro atoms. The van der Waals surface area contributed by atoms with Crippen LogP contribution in [0.15, 0.2) is 0 Å². The van der Waals surface area contributed by atoms with Gasteiger partial charge in [-0.1, -0.05) is 0 Å². The average Bonchev–Trinajstić information content (AvgIpc) is 2.12. The molecule has 4 atom stereocenters. The molecule has 0 aliphatic rings. The Bertz CT molecular complexity index is 207. The third kappa shape index (κ3) is 4.56. The van der Waals surface area contributed by atoms with Crippen LogP contribution in [0.3, 0.4) is 0 Å². The number of hydrogen-bond acceptors (Lipinski definition) is 8. The molecule has 0 aliphatic heterocycles. The molecule has 8 nitrogen and oxygen atoms in total. The van der Waals surface area contributed by atoms with Crippen molar-refractivity contribution in [2.24, 2.45) is 0 Å². The van der Waals surface area contributed by atoms with Gasteiger partial charge in [0.15, 0.2) is 0 Å². The van der Waals surface area contributed by atoms with E-state index >= 15 is 0 Å². The molecule has 15 heavy (non-hydrogen) atoms. The van der Waals surface area contributed by atoms with Gasteiger partial charge in [0, 0.05) is 0 Å². The molecule has 9 heteroatoms. The molecular weight excluding hydrogens is 256 g/mol. The van der Waals surface area contributed by atoms with E-state index in [1.54, 1.807) is 0 Å². The van der Waals surface area contributed by atoms with Crippen molar-refractivity contribution in [2.75, 3.05) is 0 Å². The predicted molar refractivity (Wildman–Crippen MR) is 34.0 cm³/mol. The van der Waals surface area contributed by atoms with Gasteiger partial charge in [-0.15, -0.1) is 0 Å². The van der Waals surface area contributed by atoms with E-state index in [0.717, 1.165) is 0 Å². The molecule has 0 radical (unpaired) electrons. The Kier molecular flexibility index (Phi) is 7.49. The molecule has 0 fully saturated rings. The summed E-state index contributed by atoms with van der Waals surface area (Å²) in [5, 5.41) is 54.7. The first-order valence-electron chi connectivity index (χ1n) is 3.43. The number of rotatable bonds is 5. The van der Waals surface area contributed by atoms with E-state index in [4.69, 9.17) is 20.4 Å². The molecule has 0 bridgehead atoms. The number of carboxylic acid groups (broad SMARTS) is 2. The fourth-order valence-electron chi connectivity index (χ4n) is 0.652. The van der Waals surface area contributed by atoms with E-state index in [-0.39, 0.29) is 17.1 Å². The predicted octanol–water partition coefficient (Wildman–Crippen LogP) is -6.07. The largest absolute Gasteiger partial charge is 2.00 e. The van der Waals surface area contributed by atoms with Crippen molar-refractivity contribution >= 4 is 11.9 Å². The number of carbonyl (C=O) groups excluding carboxylic acids is 2. The average molecular weight is 264 g/mol. The minimum atomic E-state index is -2.50. The van der Waals surface area contributed by atoms with Crippen molar-refractivity contribution < 1.29 is 57.3 Å². The molecule has 4 N–H and O–H groups in total. The van der Waals surface area contributed by atoms with Crippen LogP contribution in [0.25, 0.3) is 0 Å². The Labute approximate surface area is 94.2 Å². The number of carbonyl (C=O) groups is 2. The van der Waals surface area contributed by atoms with E-state index in [9.17, 15) is 19.8 Å². The summed E-state index contributed by atoms with van der Waals surface area (Å²) < 4.78 is 0. The molecule has 0 aliphatic carbocycles. The molecule has 0 aromatic heterocycles. The summed E-state index contributed by atoms with van der Waals surface area (Å²) in [6.45, 7) is 0. The third-order valence-electron chi connectivity index (χ3n) is 1.48. The molecule has 0 unspecified atom stereocenters. The SMILES string of the molecule is O=C([O-])[C@@H](O)[C@@H](O)[C@H](O)[C@@H](O)C(=O)[O-].[Fe+2]. The van der Waals surface area contributed by atoms with Crippen LogP contribution in [0.5, 0.6) is 0 Å². The van der Waals surface area contributed by atoms with Crippen LogP contribution < -0.4 is 10.2 Å². The van der Waals surface area contributed by atoms with Crippen molar-refractivity contribution in [1.82, 2.24) is 0 Å². The topological polar surface area (TPSA) is 161 Å². The van der Waals surface area contributed by atoms with Crippen LogP contribution in [0, 0.1) is 0 Å². The van der Waals surface area contributed by atoms with Gasteiger partial charge in [-0.05, 0) is 0 Å². The molecule has 0 aromatic carbocycles. The van der Waals surface area contributed by atoms with E-state index in [1.807, 2.05) is 0 Å². The van der Waals surface area contributed by atoms with Gasteiger partial charge in [-0.3, -0.25) is 0 Å². The van der Waals surface area contributed by atoms with Crippen LogP contribution in [0.4, 0.5) is 0 Å². The summed E-state index contributed by atoms with van der Waals surface area (Å²) in [6.07, 6.45) is -9.76. The Morgan fingerprint density at radius 2 is 1.00 bits per heavy atom. The molecular formula is C6H8FeO8. The zero-order valence-electron chi connectivity index (χ0n) is 7.08. The summed E-state index contributed by atoms with van der Waals surface area (Å²) in [6, 6.07) is 0. The zero-order valence-corrected chi connectivity index (χ0v) is 8.19. The second-order valence-electron chi connectivity index (χ2n) is 2.51. The van der Waals surface area contributed by atoms with Crippen molar-refractivity contribution in [1.29, 1.82) is 0 Å². The zero-order chi connectivity index (χ0) is 11.5. The van der Waals surface area contributed by atoms with Gasteiger partial charge in [0.05, 0.1) is 11.9 Å². The number of carboxylic acids is 2. The molecule has 88 valence electrons. The van der Waals surface area contributed by atoms with E-state index in [1.165, 1.54) is 0 Å². The van der Waals surface area contributed by atoms with Crippen LogP contribution in [0.1, 0.15) is 0 Å². The molecule has 0 rings (SSSR count). The first-order valence-corrected chi connectivity index (χ1v) is 3.43. The quantitative estimate of drug-likeness (QED) is 0.356. The fourth-order valence-corrected chi connectivity index (χ4v) is 0.652. The molecule has 0 aromatic rings. The summed E-state index contributed by atoms with van der Waals surface area (Å²) in [4.78, 5) is 19.9. The van der Waals surface area contributed by atoms with Crippen molar-refractivity contribution in [3.8, 4) is 0 Å².